The van der Waals surface area contributed by atoms with Crippen LogP contribution in [0, 0.1) is 0 Å². The molecular formula is C60H39BrGe. The van der Waals surface area contributed by atoms with Gasteiger partial charge in [-0.1, -0.05) is 0 Å². The predicted molar refractivity (Wildman–Crippen MR) is 255 cm³/mol. The Balaban J connectivity index is 1.31. The fraction of sp³-hybridized carbons (Fsp3) is 0.100. The number of hydrogen-bond donors (Lipinski definition) is 0. The van der Waals surface area contributed by atoms with Gasteiger partial charge in [-0.3, -0.25) is 0 Å². The van der Waals surface area contributed by atoms with Gasteiger partial charge < -0.3 is 0 Å². The average Bonchev–Trinajstić information content (AvgIpc) is 3.35. The van der Waals surface area contributed by atoms with E-state index in [1.54, 1.807) is 0 Å². The van der Waals surface area contributed by atoms with E-state index in [0.29, 0.717) is 0 Å². The van der Waals surface area contributed by atoms with E-state index in [1.165, 1.54) is 100 Å². The molecule has 0 aromatic heterocycles. The summed E-state index contributed by atoms with van der Waals surface area (Å²) in [5, 5.41) is 0. The van der Waals surface area contributed by atoms with E-state index >= 15 is 0 Å². The third kappa shape index (κ3) is 3.44. The first-order valence-corrected chi connectivity index (χ1v) is 30.3. The molecule has 0 atom stereocenters. The molecule has 9 aliphatic carbocycles. The summed E-state index contributed by atoms with van der Waals surface area (Å²) < 4.78 is -1.77. The first kappa shape index (κ1) is 34.6. The molecule has 0 spiro atoms. The van der Waals surface area contributed by atoms with Crippen LogP contribution in [0.3, 0.4) is 0 Å². The number of hydrogen-bond acceptors (Lipinski definition) is 0. The summed E-state index contributed by atoms with van der Waals surface area (Å²) in [7, 11) is 0. The fourth-order valence-corrected chi connectivity index (χ4v) is 40.0. The van der Waals surface area contributed by atoms with Crippen molar-refractivity contribution in [2.24, 2.45) is 0 Å². The van der Waals surface area contributed by atoms with Crippen LogP contribution in [0.25, 0.3) is 0 Å². The molecule has 9 aromatic carbocycles. The Bertz CT molecular complexity index is 2740. The zero-order valence-corrected chi connectivity index (χ0v) is 37.6. The Morgan fingerprint density at radius 1 is 0.226 bits per heavy atom. The van der Waals surface area contributed by atoms with E-state index in [9.17, 15) is 0 Å². The van der Waals surface area contributed by atoms with Crippen LogP contribution < -0.4 is 0 Å². The predicted octanol–water partition coefficient (Wildman–Crippen LogP) is 13.5. The molecule has 0 saturated heterocycles. The molecule has 2 heteroatoms. The van der Waals surface area contributed by atoms with Gasteiger partial charge in [-0.15, -0.1) is 0 Å². The summed E-state index contributed by atoms with van der Waals surface area (Å²) in [6.07, 6.45) is 0. The van der Waals surface area contributed by atoms with Gasteiger partial charge in [0, 0.05) is 0 Å². The van der Waals surface area contributed by atoms with E-state index in [4.69, 9.17) is 14.0 Å². The Hall–Kier alpha value is -6.00. The quantitative estimate of drug-likeness (QED) is 0.155. The molecule has 0 saturated carbocycles. The van der Waals surface area contributed by atoms with Crippen molar-refractivity contribution < 1.29 is 0 Å². The van der Waals surface area contributed by atoms with Crippen LogP contribution in [0.15, 0.2) is 218 Å². The van der Waals surface area contributed by atoms with Gasteiger partial charge in [0.05, 0.1) is 0 Å². The third-order valence-corrected chi connectivity index (χ3v) is 37.5. The van der Waals surface area contributed by atoms with Gasteiger partial charge in [-0.2, -0.15) is 0 Å². The van der Waals surface area contributed by atoms with Crippen molar-refractivity contribution in [1.82, 2.24) is 0 Å². The molecule has 0 radical (unpaired) electrons. The average molecular weight is 912 g/mol. The normalized spacial score (nSPS) is 26.0. The maximum atomic E-state index is 5.71. The van der Waals surface area contributed by atoms with Gasteiger partial charge in [0.1, 0.15) is 0 Å². The van der Waals surface area contributed by atoms with Crippen molar-refractivity contribution in [2.45, 2.75) is 30.5 Å². The van der Waals surface area contributed by atoms with Crippen LogP contribution in [-0.2, 0) is 12.7 Å². The summed E-state index contributed by atoms with van der Waals surface area (Å²) >= 11 is 0.866. The second kappa shape index (κ2) is 11.7. The minimum atomic E-state index is -4.85. The van der Waals surface area contributed by atoms with E-state index in [-0.39, 0.29) is 17.8 Å². The standard InChI is InChI=1S/C60H39BrGe/c61-62(58-46-28-10-1-19-37(46)55(38-20-2-11-29-47(38)58)39-21-3-12-30-48(39)58,59-49-31-13-4-22-40(49)56(41-23-5-14-32-50(41)59)42-24-6-15-33-51(42)59)60-52-34-16-7-25-43(52)57(44-26-8-17-35-53(44)60)45-27-9-18-36-54(45)60/h1-36,55-57H. The first-order valence-electron chi connectivity index (χ1n) is 22.2. The molecular weight excluding hydrogens is 873 g/mol. The second-order valence-corrected chi connectivity index (χ2v) is 32.2. The Labute approximate surface area is 372 Å². The molecule has 290 valence electrons. The van der Waals surface area contributed by atoms with Gasteiger partial charge in [0.2, 0.25) is 0 Å². The van der Waals surface area contributed by atoms with Crippen molar-refractivity contribution in [3.63, 3.8) is 0 Å². The van der Waals surface area contributed by atoms with Gasteiger partial charge in [-0.25, -0.2) is 0 Å². The molecule has 18 rings (SSSR count). The molecule has 0 N–H and O–H groups in total. The van der Waals surface area contributed by atoms with Gasteiger partial charge >= 0.3 is 374 Å². The molecule has 62 heavy (non-hydrogen) atoms. The van der Waals surface area contributed by atoms with Crippen molar-refractivity contribution in [3.8, 4) is 0 Å². The monoisotopic (exact) mass is 912 g/mol. The van der Waals surface area contributed by atoms with E-state index in [2.05, 4.69) is 218 Å². The molecule has 0 fully saturated rings. The third-order valence-electron chi connectivity index (χ3n) is 16.6. The molecule has 0 heterocycles. The van der Waals surface area contributed by atoms with E-state index in [1.807, 2.05) is 0 Å². The summed E-state index contributed by atoms with van der Waals surface area (Å²) in [5.41, 5.74) is 26.3. The van der Waals surface area contributed by atoms with Gasteiger partial charge in [0.15, 0.2) is 0 Å². The van der Waals surface area contributed by atoms with E-state index in [0.717, 1.165) is 0 Å². The summed E-state index contributed by atoms with van der Waals surface area (Å²) in [4.78, 5) is 0. The first-order chi connectivity index (χ1) is 30.7. The van der Waals surface area contributed by atoms with Crippen LogP contribution in [0.5, 0.6) is 0 Å². The molecule has 0 aliphatic heterocycles. The van der Waals surface area contributed by atoms with Crippen LogP contribution in [-0.4, -0.2) is 11.4 Å². The minimum absolute atomic E-state index is 0.150. The molecule has 0 unspecified atom stereocenters. The summed E-state index contributed by atoms with van der Waals surface area (Å²) in [6.45, 7) is 0. The van der Waals surface area contributed by atoms with E-state index < -0.39 is 24.2 Å². The zero-order chi connectivity index (χ0) is 40.6. The molecule has 0 nitrogen and oxygen atoms in total. The van der Waals surface area contributed by atoms with Crippen molar-refractivity contribution in [1.29, 1.82) is 0 Å². The Kier molecular flexibility index (Phi) is 6.53. The van der Waals surface area contributed by atoms with Crippen LogP contribution in [0.1, 0.15) is 118 Å². The van der Waals surface area contributed by atoms with Crippen LogP contribution in [0.4, 0.5) is 0 Å². The van der Waals surface area contributed by atoms with Crippen LogP contribution >= 0.6 is 14.0 Å². The molecule has 0 amide bonds. The summed E-state index contributed by atoms with van der Waals surface area (Å²) in [6, 6.07) is 87.1. The van der Waals surface area contributed by atoms with Crippen molar-refractivity contribution >= 4 is 25.4 Å². The topological polar surface area (TPSA) is 0 Å². The second-order valence-electron chi connectivity index (χ2n) is 18.5. The van der Waals surface area contributed by atoms with Crippen molar-refractivity contribution in [3.05, 3.63) is 319 Å². The molecule has 6 bridgehead atoms. The zero-order valence-electron chi connectivity index (χ0n) is 33.9. The maximum absolute atomic E-state index is 5.71. The molecule has 9 aromatic rings. The fourth-order valence-electron chi connectivity index (χ4n) is 15.1. The van der Waals surface area contributed by atoms with Gasteiger partial charge in [-0.05, 0) is 0 Å². The summed E-state index contributed by atoms with van der Waals surface area (Å²) in [5.74, 6) is 0.451. The number of rotatable bonds is 3. The SMILES string of the molecule is [Br][Ge]([C]12c3ccccc3C(c3ccccc31)c1ccccc12)([C]12c3ccccc3C(c3ccccc31)c1ccccc12)[C]12c3ccccc3C(c3ccccc31)c1ccccc12. The number of benzene rings is 9. The number of halogens is 1. The van der Waals surface area contributed by atoms with Gasteiger partial charge in [0.25, 0.3) is 0 Å². The Morgan fingerprint density at radius 2 is 0.355 bits per heavy atom. The van der Waals surface area contributed by atoms with Crippen LogP contribution in [0.2, 0.25) is 0 Å². The van der Waals surface area contributed by atoms with Crippen molar-refractivity contribution in [2.75, 3.05) is 0 Å². The Morgan fingerprint density at radius 3 is 0.500 bits per heavy atom. The molecule has 9 aliphatic rings.